The molecule has 0 aliphatic carbocycles. The van der Waals surface area contributed by atoms with Gasteiger partial charge in [-0.2, -0.15) is 0 Å². The third-order valence-electron chi connectivity index (χ3n) is 4.26. The standard InChI is InChI=1S/C15H16BrNO4/c16-9-4-2-1-3-8(9)7-17-14(18)12-10-5-6-11(21-10)13(12)15(19)20/h1-4,10-13H,5-7H2,(H,17,18)(H,19,20)/p-1/t10-,11+,12-,13+/m1/s1. The van der Waals surface area contributed by atoms with Gasteiger partial charge in [0.2, 0.25) is 5.91 Å². The van der Waals surface area contributed by atoms with Crippen molar-refractivity contribution in [2.75, 3.05) is 0 Å². The van der Waals surface area contributed by atoms with Crippen molar-refractivity contribution in [3.63, 3.8) is 0 Å². The third kappa shape index (κ3) is 2.70. The number of fused-ring (bicyclic) bond motifs is 2. The highest BCUT2D eigenvalue weighted by atomic mass is 79.9. The van der Waals surface area contributed by atoms with Crippen LogP contribution in [-0.2, 0) is 20.9 Å². The summed E-state index contributed by atoms with van der Waals surface area (Å²) in [6.07, 6.45) is 0.759. The van der Waals surface area contributed by atoms with E-state index in [-0.39, 0.29) is 18.1 Å². The van der Waals surface area contributed by atoms with Gasteiger partial charge in [-0.25, -0.2) is 0 Å². The van der Waals surface area contributed by atoms with Gasteiger partial charge in [0.15, 0.2) is 0 Å². The van der Waals surface area contributed by atoms with Gasteiger partial charge in [-0.15, -0.1) is 0 Å². The van der Waals surface area contributed by atoms with E-state index >= 15 is 0 Å². The number of carbonyl (C=O) groups excluding carboxylic acids is 2. The van der Waals surface area contributed by atoms with E-state index in [1.807, 2.05) is 24.3 Å². The molecule has 2 heterocycles. The number of aliphatic carboxylic acids is 1. The van der Waals surface area contributed by atoms with Crippen LogP contribution in [-0.4, -0.2) is 24.1 Å². The average Bonchev–Trinajstić information content (AvgIpc) is 3.06. The van der Waals surface area contributed by atoms with Crippen LogP contribution in [0, 0.1) is 11.8 Å². The first-order chi connectivity index (χ1) is 10.1. The number of halogens is 1. The molecule has 5 nitrogen and oxygen atoms in total. The van der Waals surface area contributed by atoms with Crippen LogP contribution in [0.4, 0.5) is 0 Å². The van der Waals surface area contributed by atoms with Gasteiger partial charge >= 0.3 is 0 Å². The lowest BCUT2D eigenvalue weighted by Crippen LogP contribution is -2.48. The van der Waals surface area contributed by atoms with E-state index in [0.29, 0.717) is 13.0 Å². The molecule has 0 radical (unpaired) electrons. The molecule has 2 saturated heterocycles. The van der Waals surface area contributed by atoms with Gasteiger partial charge in [0.05, 0.1) is 18.1 Å². The Labute approximate surface area is 130 Å². The summed E-state index contributed by atoms with van der Waals surface area (Å²) in [6.45, 7) is 0.355. The first kappa shape index (κ1) is 14.5. The Kier molecular flexibility index (Phi) is 3.99. The lowest BCUT2D eigenvalue weighted by atomic mass is 9.78. The van der Waals surface area contributed by atoms with E-state index in [1.165, 1.54) is 0 Å². The maximum absolute atomic E-state index is 12.3. The Morgan fingerprint density at radius 2 is 1.90 bits per heavy atom. The summed E-state index contributed by atoms with van der Waals surface area (Å²) in [6, 6.07) is 7.58. The summed E-state index contributed by atoms with van der Waals surface area (Å²) >= 11 is 3.42. The number of hydrogen-bond acceptors (Lipinski definition) is 4. The number of hydrogen-bond donors (Lipinski definition) is 1. The molecule has 2 bridgehead atoms. The fourth-order valence-electron chi connectivity index (χ4n) is 3.25. The minimum Gasteiger partial charge on any atom is -0.550 e. The minimum absolute atomic E-state index is 0.271. The lowest BCUT2D eigenvalue weighted by Gasteiger charge is -2.27. The Morgan fingerprint density at radius 3 is 2.57 bits per heavy atom. The van der Waals surface area contributed by atoms with E-state index in [1.54, 1.807) is 0 Å². The maximum atomic E-state index is 12.3. The van der Waals surface area contributed by atoms with E-state index in [4.69, 9.17) is 4.74 Å². The van der Waals surface area contributed by atoms with Gasteiger partial charge < -0.3 is 20.0 Å². The van der Waals surface area contributed by atoms with Gasteiger partial charge in [0, 0.05) is 22.9 Å². The van der Waals surface area contributed by atoms with E-state index < -0.39 is 17.8 Å². The SMILES string of the molecule is O=C([O-])[C@@H]1[C@H](C(=O)NCc2ccccc2Br)[C@H]2CC[C@@H]1O2. The van der Waals surface area contributed by atoms with Crippen molar-refractivity contribution in [3.05, 3.63) is 34.3 Å². The van der Waals surface area contributed by atoms with Crippen molar-refractivity contribution in [1.29, 1.82) is 0 Å². The summed E-state index contributed by atoms with van der Waals surface area (Å²) < 4.78 is 6.47. The molecular weight excluding hydrogens is 338 g/mol. The molecule has 4 atom stereocenters. The largest absolute Gasteiger partial charge is 0.550 e. The van der Waals surface area contributed by atoms with Gasteiger partial charge in [0.1, 0.15) is 0 Å². The predicted molar refractivity (Wildman–Crippen MR) is 75.9 cm³/mol. The quantitative estimate of drug-likeness (QED) is 0.860. The second-order valence-corrected chi connectivity index (χ2v) is 6.32. The monoisotopic (exact) mass is 352 g/mol. The Hall–Kier alpha value is -1.40. The molecule has 112 valence electrons. The highest BCUT2D eigenvalue weighted by molar-refractivity contribution is 9.10. The molecule has 2 aliphatic rings. The van der Waals surface area contributed by atoms with Crippen LogP contribution in [0.25, 0.3) is 0 Å². The Bertz CT molecular complexity index is 577. The second-order valence-electron chi connectivity index (χ2n) is 5.47. The fraction of sp³-hybridized carbons (Fsp3) is 0.467. The van der Waals surface area contributed by atoms with Crippen molar-refractivity contribution in [2.45, 2.75) is 31.6 Å². The molecule has 6 heteroatoms. The topological polar surface area (TPSA) is 78.5 Å². The normalized spacial score (nSPS) is 30.3. The fourth-order valence-corrected chi connectivity index (χ4v) is 3.68. The van der Waals surface area contributed by atoms with Crippen LogP contribution in [0.3, 0.4) is 0 Å². The summed E-state index contributed by atoms with van der Waals surface area (Å²) in [4.78, 5) is 23.6. The molecule has 0 spiro atoms. The smallest absolute Gasteiger partial charge is 0.226 e. The first-order valence-electron chi connectivity index (χ1n) is 6.95. The Balaban J connectivity index is 1.68. The van der Waals surface area contributed by atoms with Crippen LogP contribution in [0.5, 0.6) is 0 Å². The van der Waals surface area contributed by atoms with E-state index in [9.17, 15) is 14.7 Å². The molecule has 0 saturated carbocycles. The van der Waals surface area contributed by atoms with Gasteiger partial charge in [0.25, 0.3) is 0 Å². The molecule has 2 aliphatic heterocycles. The molecule has 0 unspecified atom stereocenters. The Morgan fingerprint density at radius 1 is 1.24 bits per heavy atom. The first-order valence-corrected chi connectivity index (χ1v) is 7.74. The van der Waals surface area contributed by atoms with Crippen LogP contribution in [0.1, 0.15) is 18.4 Å². The number of carboxylic acid groups (broad SMARTS) is 1. The highest BCUT2D eigenvalue weighted by Gasteiger charge is 2.52. The molecular formula is C15H15BrNO4-. The zero-order valence-corrected chi connectivity index (χ0v) is 12.8. The minimum atomic E-state index is -1.19. The van der Waals surface area contributed by atoms with Crippen LogP contribution in [0.2, 0.25) is 0 Å². The van der Waals surface area contributed by atoms with E-state index in [0.717, 1.165) is 16.5 Å². The van der Waals surface area contributed by atoms with Gasteiger partial charge in [-0.3, -0.25) is 4.79 Å². The van der Waals surface area contributed by atoms with Crippen molar-refractivity contribution in [1.82, 2.24) is 5.32 Å². The number of rotatable bonds is 4. The van der Waals surface area contributed by atoms with Gasteiger partial charge in [-0.05, 0) is 24.5 Å². The van der Waals surface area contributed by atoms with Crippen molar-refractivity contribution >= 4 is 27.8 Å². The molecule has 0 aromatic heterocycles. The number of ether oxygens (including phenoxy) is 1. The summed E-state index contributed by atoms with van der Waals surface area (Å²) in [5.74, 6) is -2.94. The lowest BCUT2D eigenvalue weighted by molar-refractivity contribution is -0.314. The summed E-state index contributed by atoms with van der Waals surface area (Å²) in [7, 11) is 0. The van der Waals surface area contributed by atoms with Crippen molar-refractivity contribution in [3.8, 4) is 0 Å². The zero-order valence-electron chi connectivity index (χ0n) is 11.3. The molecule has 2 fully saturated rings. The van der Waals surface area contributed by atoms with Crippen molar-refractivity contribution in [2.24, 2.45) is 11.8 Å². The maximum Gasteiger partial charge on any atom is 0.226 e. The predicted octanol–water partition coefficient (Wildman–Crippen LogP) is 0.609. The number of benzene rings is 1. The molecule has 1 aromatic rings. The molecule has 3 rings (SSSR count). The number of amides is 1. The van der Waals surface area contributed by atoms with Gasteiger partial charge in [-0.1, -0.05) is 34.1 Å². The van der Waals surface area contributed by atoms with Crippen LogP contribution >= 0.6 is 15.9 Å². The average molecular weight is 353 g/mol. The number of carboxylic acids is 1. The molecule has 1 aromatic carbocycles. The second kappa shape index (κ2) is 5.77. The number of nitrogens with one attached hydrogen (secondary N) is 1. The molecule has 21 heavy (non-hydrogen) atoms. The number of carbonyl (C=O) groups is 2. The van der Waals surface area contributed by atoms with E-state index in [2.05, 4.69) is 21.2 Å². The van der Waals surface area contributed by atoms with Crippen LogP contribution < -0.4 is 10.4 Å². The van der Waals surface area contributed by atoms with Crippen LogP contribution in [0.15, 0.2) is 28.7 Å². The zero-order chi connectivity index (χ0) is 15.0. The summed E-state index contributed by atoms with van der Waals surface area (Å²) in [5.41, 5.74) is 0.944. The molecule has 1 N–H and O–H groups in total. The highest BCUT2D eigenvalue weighted by Crippen LogP contribution is 2.43. The summed E-state index contributed by atoms with van der Waals surface area (Å²) in [5, 5.41) is 14.1. The molecule has 1 amide bonds. The van der Waals surface area contributed by atoms with Crippen molar-refractivity contribution < 1.29 is 19.4 Å². The third-order valence-corrected chi connectivity index (χ3v) is 5.03.